The molecule has 2 heterocycles. The van der Waals surface area contributed by atoms with Crippen molar-refractivity contribution < 1.29 is 45.4 Å². The summed E-state index contributed by atoms with van der Waals surface area (Å²) in [5.74, 6) is -1.46. The summed E-state index contributed by atoms with van der Waals surface area (Å²) in [6.07, 6.45) is -9.24. The Balaban J connectivity index is 0.000000254. The van der Waals surface area contributed by atoms with E-state index in [1.165, 1.54) is 31.8 Å². The third-order valence-corrected chi connectivity index (χ3v) is 11.0. The molecule has 0 aliphatic rings. The van der Waals surface area contributed by atoms with Crippen LogP contribution in [-0.2, 0) is 38.7 Å². The number of guanidine groups is 2. The maximum atomic E-state index is 13.7. The van der Waals surface area contributed by atoms with Crippen molar-refractivity contribution >= 4 is 45.5 Å². The Morgan fingerprint density at radius 3 is 1.49 bits per heavy atom. The van der Waals surface area contributed by atoms with E-state index >= 15 is 0 Å². The number of aromatic nitrogens is 2. The Kier molecular flexibility index (Phi) is 17.6. The molecule has 6 rings (SSSR count). The molecule has 0 spiro atoms. The van der Waals surface area contributed by atoms with Crippen LogP contribution in [0.2, 0.25) is 0 Å². The molecule has 364 valence electrons. The fourth-order valence-corrected chi connectivity index (χ4v) is 7.03. The van der Waals surface area contributed by atoms with Crippen molar-refractivity contribution in [3.05, 3.63) is 130 Å². The van der Waals surface area contributed by atoms with Gasteiger partial charge in [0.2, 0.25) is 0 Å². The van der Waals surface area contributed by atoms with E-state index in [9.17, 15) is 35.9 Å². The standard InChI is InChI=1S/2C24H28F3N5O2/c1-4-32(5-2)13-15-6-8-16(9-7-15)14-34-17-10-19(24(25,26)27)18-12-21(30-20(18)11-17)22(33)31-23(28)29-3;1-4-32(5-2)13-15-6-8-16(9-7-15)14-34-20-11-10-18(24(25,26)27)17-12-19(30-21(17)20)22(33)31-23(28)29-3/h2*6-12,30H,4-5,13-14H2,1-3H3,(H3,28,29,31,33). The van der Waals surface area contributed by atoms with Gasteiger partial charge < -0.3 is 30.9 Å². The van der Waals surface area contributed by atoms with E-state index in [4.69, 9.17) is 20.9 Å². The maximum Gasteiger partial charge on any atom is 0.417 e. The first kappa shape index (κ1) is 51.9. The second-order valence-electron chi connectivity index (χ2n) is 15.5. The number of nitrogens with two attached hydrogens (primary N) is 2. The van der Waals surface area contributed by atoms with E-state index in [1.54, 1.807) is 0 Å². The summed E-state index contributed by atoms with van der Waals surface area (Å²) in [4.78, 5) is 41.9. The van der Waals surface area contributed by atoms with Gasteiger partial charge in [-0.05, 0) is 78.8 Å². The largest absolute Gasteiger partial charge is 0.489 e. The number of benzene rings is 4. The Labute approximate surface area is 389 Å². The first-order valence-corrected chi connectivity index (χ1v) is 21.7. The lowest BCUT2D eigenvalue weighted by Crippen LogP contribution is -2.36. The Bertz CT molecular complexity index is 2700. The number of amides is 2. The molecule has 2 aromatic heterocycles. The van der Waals surface area contributed by atoms with Crippen LogP contribution in [0.4, 0.5) is 26.3 Å². The highest BCUT2D eigenvalue weighted by Crippen LogP contribution is 2.40. The van der Waals surface area contributed by atoms with Gasteiger partial charge in [0.15, 0.2) is 11.9 Å². The number of nitrogens with one attached hydrogen (secondary N) is 4. The van der Waals surface area contributed by atoms with Crippen LogP contribution in [0, 0.1) is 0 Å². The maximum absolute atomic E-state index is 13.7. The molecule has 14 nitrogen and oxygen atoms in total. The van der Waals surface area contributed by atoms with Crippen LogP contribution in [0.1, 0.15) is 82.1 Å². The van der Waals surface area contributed by atoms with E-state index in [1.807, 2.05) is 48.5 Å². The van der Waals surface area contributed by atoms with Gasteiger partial charge in [-0.3, -0.25) is 40.0 Å². The van der Waals surface area contributed by atoms with Crippen molar-refractivity contribution in [2.24, 2.45) is 21.5 Å². The second-order valence-corrected chi connectivity index (χ2v) is 15.5. The molecule has 8 N–H and O–H groups in total. The zero-order valence-corrected chi connectivity index (χ0v) is 38.6. The number of carbonyl (C=O) groups excluding carboxylic acids is 2. The van der Waals surface area contributed by atoms with Gasteiger partial charge in [0, 0.05) is 44.0 Å². The normalized spacial score (nSPS) is 12.4. The van der Waals surface area contributed by atoms with Crippen LogP contribution >= 0.6 is 0 Å². The highest BCUT2D eigenvalue weighted by atomic mass is 19.4. The van der Waals surface area contributed by atoms with Crippen molar-refractivity contribution in [2.45, 2.75) is 66.4 Å². The van der Waals surface area contributed by atoms with E-state index in [2.05, 4.69) is 68.1 Å². The first-order chi connectivity index (χ1) is 32.3. The molecule has 0 radical (unpaired) electrons. The number of aromatic amines is 2. The van der Waals surface area contributed by atoms with Gasteiger partial charge in [-0.25, -0.2) is 0 Å². The second kappa shape index (κ2) is 23.1. The quantitative estimate of drug-likeness (QED) is 0.0316. The molecule has 4 aromatic carbocycles. The number of aliphatic imine (C=N–C) groups is 2. The number of hydrogen-bond donors (Lipinski definition) is 6. The summed E-state index contributed by atoms with van der Waals surface area (Å²) in [5, 5.41) is 4.28. The summed E-state index contributed by atoms with van der Waals surface area (Å²) in [6.45, 7) is 14.2. The molecule has 0 saturated carbocycles. The molecule has 0 atom stereocenters. The number of nitrogens with zero attached hydrogens (tertiary/aromatic N) is 4. The molecule has 20 heteroatoms. The Morgan fingerprint density at radius 1 is 0.588 bits per heavy atom. The minimum absolute atomic E-state index is 0.0375. The minimum Gasteiger partial charge on any atom is -0.489 e. The first-order valence-electron chi connectivity index (χ1n) is 21.7. The monoisotopic (exact) mass is 950 g/mol. The van der Waals surface area contributed by atoms with Crippen molar-refractivity contribution in [1.29, 1.82) is 0 Å². The molecule has 68 heavy (non-hydrogen) atoms. The van der Waals surface area contributed by atoms with Crippen LogP contribution in [0.25, 0.3) is 21.8 Å². The molecular weight excluding hydrogens is 895 g/mol. The summed E-state index contributed by atoms with van der Waals surface area (Å²) < 4.78 is 93.4. The number of rotatable bonds is 16. The topological polar surface area (TPSA) is 191 Å². The molecule has 0 unspecified atom stereocenters. The van der Waals surface area contributed by atoms with Crippen LogP contribution < -0.4 is 31.6 Å². The fraction of sp³-hybridized carbons (Fsp3) is 0.333. The minimum atomic E-state index is -4.64. The van der Waals surface area contributed by atoms with Gasteiger partial charge in [-0.1, -0.05) is 76.2 Å². The molecular formula is C48H56F6N10O4. The van der Waals surface area contributed by atoms with E-state index in [-0.39, 0.29) is 69.8 Å². The molecule has 0 aliphatic carbocycles. The Morgan fingerprint density at radius 2 is 1.03 bits per heavy atom. The van der Waals surface area contributed by atoms with Gasteiger partial charge in [-0.15, -0.1) is 0 Å². The zero-order chi connectivity index (χ0) is 49.8. The fourth-order valence-electron chi connectivity index (χ4n) is 7.03. The molecule has 0 aliphatic heterocycles. The van der Waals surface area contributed by atoms with E-state index in [0.717, 1.165) is 80.2 Å². The van der Waals surface area contributed by atoms with Crippen LogP contribution in [0.3, 0.4) is 0 Å². The number of halogens is 6. The van der Waals surface area contributed by atoms with Gasteiger partial charge in [0.25, 0.3) is 11.8 Å². The van der Waals surface area contributed by atoms with Gasteiger partial charge >= 0.3 is 12.4 Å². The zero-order valence-electron chi connectivity index (χ0n) is 38.6. The number of hydrogen-bond acceptors (Lipinski definition) is 8. The van der Waals surface area contributed by atoms with Crippen molar-refractivity contribution in [1.82, 2.24) is 30.4 Å². The number of H-pyrrole nitrogens is 2. The lowest BCUT2D eigenvalue weighted by atomic mass is 10.1. The van der Waals surface area contributed by atoms with Gasteiger partial charge in [-0.2, -0.15) is 26.3 Å². The molecule has 0 fully saturated rings. The number of fused-ring (bicyclic) bond motifs is 2. The molecule has 0 saturated heterocycles. The lowest BCUT2D eigenvalue weighted by molar-refractivity contribution is -0.137. The summed E-state index contributed by atoms with van der Waals surface area (Å²) in [6, 6.07) is 22.5. The molecule has 6 aromatic rings. The van der Waals surface area contributed by atoms with Crippen LogP contribution in [0.5, 0.6) is 11.5 Å². The summed E-state index contributed by atoms with van der Waals surface area (Å²) in [7, 11) is 2.76. The van der Waals surface area contributed by atoms with Gasteiger partial charge in [0.1, 0.15) is 36.1 Å². The summed E-state index contributed by atoms with van der Waals surface area (Å²) >= 11 is 0. The van der Waals surface area contributed by atoms with Crippen molar-refractivity contribution in [3.63, 3.8) is 0 Å². The molecule has 2 amide bonds. The third-order valence-electron chi connectivity index (χ3n) is 11.0. The third kappa shape index (κ3) is 13.8. The average Bonchev–Trinajstić information content (AvgIpc) is 3.97. The predicted molar refractivity (Wildman–Crippen MR) is 251 cm³/mol. The van der Waals surface area contributed by atoms with Crippen molar-refractivity contribution in [3.8, 4) is 11.5 Å². The highest BCUT2D eigenvalue weighted by molar-refractivity contribution is 6.08. The van der Waals surface area contributed by atoms with Crippen LogP contribution in [0.15, 0.2) is 94.9 Å². The van der Waals surface area contributed by atoms with Gasteiger partial charge in [0.05, 0.1) is 22.2 Å². The average molecular weight is 951 g/mol. The van der Waals surface area contributed by atoms with Crippen molar-refractivity contribution in [2.75, 3.05) is 40.3 Å². The number of carbonyl (C=O) groups is 2. The number of alkyl halides is 6. The van der Waals surface area contributed by atoms with E-state index in [0.29, 0.717) is 0 Å². The predicted octanol–water partition coefficient (Wildman–Crippen LogP) is 8.56. The SMILES string of the molecule is CCN(CC)Cc1ccc(COc2cc(C(F)(F)F)c3cc(C(=O)NC(N)=NC)[nH]c3c2)cc1.CCN(CC)Cc1ccc(COc2ccc(C(F)(F)F)c3cc(C(=O)NC(N)=NC)[nH]c23)cc1. The smallest absolute Gasteiger partial charge is 0.417 e. The number of ether oxygens (including phenoxy) is 2. The molecule has 0 bridgehead atoms. The van der Waals surface area contributed by atoms with E-state index < -0.39 is 35.3 Å². The van der Waals surface area contributed by atoms with Crippen LogP contribution in [-0.4, -0.2) is 83.8 Å². The highest BCUT2D eigenvalue weighted by Gasteiger charge is 2.35. The summed E-state index contributed by atoms with van der Waals surface area (Å²) in [5.41, 5.74) is 13.2. The Hall–Kier alpha value is -7.06. The lowest BCUT2D eigenvalue weighted by Gasteiger charge is -2.18.